The van der Waals surface area contributed by atoms with Crippen LogP contribution in [0.1, 0.15) is 295 Å². The van der Waals surface area contributed by atoms with Crippen molar-refractivity contribution in [3.05, 3.63) is 52.3 Å². The smallest absolute Gasteiger partial charge is 0.390 e. The summed E-state index contributed by atoms with van der Waals surface area (Å²) in [6.45, 7) is 9.22. The number of aromatic nitrogens is 2. The van der Waals surface area contributed by atoms with E-state index in [1.54, 1.807) is 26.0 Å². The van der Waals surface area contributed by atoms with Gasteiger partial charge in [0.05, 0.1) is 36.7 Å². The highest BCUT2D eigenvalue weighted by Gasteiger charge is 2.44. The number of hydrogen-bond acceptors (Lipinski definition) is 9. The summed E-state index contributed by atoms with van der Waals surface area (Å²) in [6.07, 6.45) is 56.0. The van der Waals surface area contributed by atoms with E-state index in [2.05, 4.69) is 18.8 Å². The molecule has 13 heteroatoms. The second-order valence-electron chi connectivity index (χ2n) is 23.1. The molecule has 3 rings (SSSR count). The van der Waals surface area contributed by atoms with Crippen molar-refractivity contribution in [2.45, 2.75) is 302 Å². The number of rotatable bonds is 50. The van der Waals surface area contributed by atoms with Gasteiger partial charge >= 0.3 is 5.95 Å². The molecule has 2 heterocycles. The lowest BCUT2D eigenvalue weighted by Gasteiger charge is -2.42. The van der Waals surface area contributed by atoms with Crippen molar-refractivity contribution in [1.82, 2.24) is 14.5 Å². The van der Waals surface area contributed by atoms with Gasteiger partial charge < -0.3 is 24.5 Å². The molecule has 1 amide bonds. The number of carbonyl (C=O) groups is 1. The number of nitro groups is 1. The van der Waals surface area contributed by atoms with E-state index in [-0.39, 0.29) is 43.1 Å². The van der Waals surface area contributed by atoms with Crippen molar-refractivity contribution in [3.8, 4) is 0 Å². The molecule has 1 aliphatic rings. The van der Waals surface area contributed by atoms with Gasteiger partial charge in [-0.05, 0) is 55.9 Å². The number of nitrogens with zero attached hydrogens (tertiary/aromatic N) is 4. The van der Waals surface area contributed by atoms with E-state index >= 15 is 0 Å². The second kappa shape index (κ2) is 41.2. The Balaban J connectivity index is 1.41. The number of hydrogen-bond donors (Lipinski definition) is 0. The van der Waals surface area contributed by atoms with Crippen LogP contribution >= 0.6 is 0 Å². The van der Waals surface area contributed by atoms with Crippen molar-refractivity contribution in [2.75, 3.05) is 32.9 Å². The lowest BCUT2D eigenvalue weighted by atomic mass is 9.89. The first-order valence-corrected chi connectivity index (χ1v) is 32.5. The average Bonchev–Trinajstić information content (AvgIpc) is 3.87. The molecule has 0 radical (unpaired) electrons. The minimum absolute atomic E-state index is 0.00272. The maximum atomic E-state index is 14.1. The summed E-state index contributed by atoms with van der Waals surface area (Å²) in [5.74, 6) is -1.35. The summed E-state index contributed by atoms with van der Waals surface area (Å²) in [7, 11) is -4.27. The molecular weight excluding hydrogens is 961 g/mol. The van der Waals surface area contributed by atoms with Crippen LogP contribution in [-0.2, 0) is 30.3 Å². The maximum Gasteiger partial charge on any atom is 0.434 e. The Morgan fingerprint density at radius 1 is 0.587 bits per heavy atom. The minimum atomic E-state index is -4.27. The van der Waals surface area contributed by atoms with Gasteiger partial charge in [-0.15, -0.1) is 0 Å². The molecule has 0 atom stereocenters. The fourth-order valence-electron chi connectivity index (χ4n) is 10.6. The monoisotopic (exact) mass is 1070 g/mol. The molecule has 1 saturated heterocycles. The van der Waals surface area contributed by atoms with Crippen molar-refractivity contribution >= 4 is 22.0 Å². The number of imidazole rings is 1. The fraction of sp³-hybridized carbons (Fsp3) is 0.839. The van der Waals surface area contributed by atoms with Crippen LogP contribution in [0.3, 0.4) is 0 Å². The Morgan fingerprint density at radius 2 is 0.920 bits per heavy atom. The molecule has 75 heavy (non-hydrogen) atoms. The third-order valence-electron chi connectivity index (χ3n) is 15.6. The van der Waals surface area contributed by atoms with Gasteiger partial charge in [0.1, 0.15) is 12.4 Å². The third kappa shape index (κ3) is 30.8. The van der Waals surface area contributed by atoms with Gasteiger partial charge in [0.2, 0.25) is 0 Å². The first-order valence-electron chi connectivity index (χ1n) is 31.1. The second-order valence-corrected chi connectivity index (χ2v) is 24.7. The summed E-state index contributed by atoms with van der Waals surface area (Å²) in [6, 6.07) is 6.03. The Kier molecular flexibility index (Phi) is 36.5. The van der Waals surface area contributed by atoms with Crippen LogP contribution in [-0.4, -0.2) is 72.4 Å². The normalized spacial score (nSPS) is 14.4. The zero-order valence-electron chi connectivity index (χ0n) is 48.5. The summed E-state index contributed by atoms with van der Waals surface area (Å²) in [5.41, 5.74) is -0.599. The molecule has 0 saturated carbocycles. The lowest BCUT2D eigenvalue weighted by molar-refractivity contribution is -0.397. The fourth-order valence-corrected chi connectivity index (χ4v) is 11.6. The van der Waals surface area contributed by atoms with Gasteiger partial charge in [-0.3, -0.25) is 8.98 Å². The van der Waals surface area contributed by atoms with Crippen LogP contribution in [0, 0.1) is 15.5 Å². The van der Waals surface area contributed by atoms with Gasteiger partial charge in [-0.2, -0.15) is 8.42 Å². The Bertz CT molecular complexity index is 1780. The SMILES string of the molecule is CCCCCCCCCCCCCCCCCCCCCCN(CCCCCCCCCCCCCCCCCCCCCC)C(=O)c1ccc(S(=O)(=O)OCC2(Cn3ccnc3[N+](=O)[O-])COC(C)(C)OC2)cc1. The zero-order valence-corrected chi connectivity index (χ0v) is 49.3. The molecule has 0 aliphatic carbocycles. The molecule has 1 aromatic heterocycles. The highest BCUT2D eigenvalue weighted by molar-refractivity contribution is 7.86. The molecular formula is C62H110N4O8S. The molecule has 0 spiro atoms. The highest BCUT2D eigenvalue weighted by Crippen LogP contribution is 2.34. The summed E-state index contributed by atoms with van der Waals surface area (Å²) in [4.78, 5) is 30.9. The van der Waals surface area contributed by atoms with Crippen LogP contribution in [0.25, 0.3) is 0 Å². The van der Waals surface area contributed by atoms with E-state index in [4.69, 9.17) is 13.7 Å². The van der Waals surface area contributed by atoms with Gasteiger partial charge in [0.15, 0.2) is 5.79 Å². The van der Waals surface area contributed by atoms with Crippen LogP contribution in [0.4, 0.5) is 5.95 Å². The molecule has 432 valence electrons. The van der Waals surface area contributed by atoms with Gasteiger partial charge in [0.25, 0.3) is 16.0 Å². The largest absolute Gasteiger partial charge is 0.434 e. The van der Waals surface area contributed by atoms with Crippen LogP contribution < -0.4 is 0 Å². The standard InChI is InChI=1S/C62H110N4O8S/c1-5-7-9-11-13-15-17-19-21-23-25-27-29-31-33-35-37-39-41-43-50-64(51-44-42-40-38-36-34-32-30-28-26-24-22-20-18-16-14-12-10-8-6-2)59(67)57-45-47-58(48-46-57)75(70,71)74-56-62(54-72-61(3,4)73-55-62)53-65-52-49-63-60(65)66(68)69/h45-49,52H,5-44,50-51,53-56H2,1-4H3. The number of benzene rings is 1. The van der Waals surface area contributed by atoms with Crippen LogP contribution in [0.5, 0.6) is 0 Å². The van der Waals surface area contributed by atoms with Gasteiger partial charge in [0, 0.05) is 18.7 Å². The number of ether oxygens (including phenoxy) is 2. The van der Waals surface area contributed by atoms with E-state index in [9.17, 15) is 23.3 Å². The average molecular weight is 1070 g/mol. The van der Waals surface area contributed by atoms with E-state index in [0.717, 1.165) is 25.7 Å². The maximum absolute atomic E-state index is 14.1. The molecule has 0 bridgehead atoms. The first kappa shape index (κ1) is 66.4. The molecule has 0 N–H and O–H groups in total. The molecule has 0 unspecified atom stereocenters. The summed E-state index contributed by atoms with van der Waals surface area (Å²) < 4.78 is 46.0. The number of carbonyl (C=O) groups excluding carboxylic acids is 1. The van der Waals surface area contributed by atoms with Crippen molar-refractivity contribution in [2.24, 2.45) is 5.41 Å². The molecule has 1 fully saturated rings. The zero-order chi connectivity index (χ0) is 54.1. The van der Waals surface area contributed by atoms with Crippen LogP contribution in [0.15, 0.2) is 41.6 Å². The summed E-state index contributed by atoms with van der Waals surface area (Å²) >= 11 is 0. The number of amides is 1. The molecule has 2 aromatic rings. The Morgan fingerprint density at radius 3 is 1.25 bits per heavy atom. The first-order chi connectivity index (χ1) is 36.4. The molecule has 1 aliphatic heterocycles. The minimum Gasteiger partial charge on any atom is -0.390 e. The highest BCUT2D eigenvalue weighted by atomic mass is 32.2. The van der Waals surface area contributed by atoms with Gasteiger partial charge in [-0.25, -0.2) is 4.57 Å². The van der Waals surface area contributed by atoms with Crippen molar-refractivity contribution in [3.63, 3.8) is 0 Å². The van der Waals surface area contributed by atoms with E-state index in [1.807, 2.05) is 4.90 Å². The van der Waals surface area contributed by atoms with Crippen molar-refractivity contribution in [1.29, 1.82) is 0 Å². The molecule has 12 nitrogen and oxygen atoms in total. The number of unbranched alkanes of at least 4 members (excludes halogenated alkanes) is 38. The van der Waals surface area contributed by atoms with E-state index in [1.165, 1.54) is 260 Å². The van der Waals surface area contributed by atoms with E-state index < -0.39 is 26.2 Å². The third-order valence-corrected chi connectivity index (χ3v) is 16.9. The van der Waals surface area contributed by atoms with Crippen molar-refractivity contribution < 1.29 is 31.8 Å². The van der Waals surface area contributed by atoms with Gasteiger partial charge in [-0.1, -0.05) is 263 Å². The van der Waals surface area contributed by atoms with E-state index in [0.29, 0.717) is 18.7 Å². The van der Waals surface area contributed by atoms with Crippen LogP contribution in [0.2, 0.25) is 0 Å². The predicted octanol–water partition coefficient (Wildman–Crippen LogP) is 18.1. The molecule has 1 aromatic carbocycles. The quantitative estimate of drug-likeness (QED) is 0.0274. The Hall–Kier alpha value is -2.87. The topological polar surface area (TPSA) is 143 Å². The lowest BCUT2D eigenvalue weighted by Crippen LogP contribution is -2.51. The summed E-state index contributed by atoms with van der Waals surface area (Å²) in [5, 5.41) is 11.6. The predicted molar refractivity (Wildman–Crippen MR) is 309 cm³/mol. The Labute approximate surface area is 458 Å².